The van der Waals surface area contributed by atoms with Gasteiger partial charge >= 0.3 is 11.9 Å². The highest BCUT2D eigenvalue weighted by atomic mass is 32.2. The Morgan fingerprint density at radius 3 is 2.50 bits per heavy atom. The Hall–Kier alpha value is -2.87. The Labute approximate surface area is 153 Å². The number of anilines is 1. The van der Waals surface area contributed by atoms with Gasteiger partial charge in [0.05, 0.1) is 24.1 Å². The summed E-state index contributed by atoms with van der Waals surface area (Å²) >= 11 is 0.978. The summed E-state index contributed by atoms with van der Waals surface area (Å²) in [4.78, 5) is 35.5. The zero-order chi connectivity index (χ0) is 18.9. The maximum absolute atomic E-state index is 13.5. The van der Waals surface area contributed by atoms with Crippen molar-refractivity contribution in [1.29, 1.82) is 0 Å². The minimum atomic E-state index is -0.658. The van der Waals surface area contributed by atoms with Crippen molar-refractivity contribution in [3.8, 4) is 0 Å². The van der Waals surface area contributed by atoms with Crippen LogP contribution in [0.3, 0.4) is 0 Å². The van der Waals surface area contributed by atoms with E-state index in [9.17, 15) is 18.8 Å². The van der Waals surface area contributed by atoms with Crippen LogP contribution in [0.1, 0.15) is 10.4 Å². The number of ether oxygens (including phenoxy) is 2. The van der Waals surface area contributed by atoms with E-state index in [1.807, 2.05) is 0 Å². The molecule has 2 aromatic rings. The van der Waals surface area contributed by atoms with Gasteiger partial charge in [-0.05, 0) is 24.3 Å². The van der Waals surface area contributed by atoms with Crippen LogP contribution >= 0.6 is 11.8 Å². The molecule has 6 nitrogen and oxygen atoms in total. The van der Waals surface area contributed by atoms with Gasteiger partial charge in [-0.25, -0.2) is 9.18 Å². The highest BCUT2D eigenvalue weighted by Gasteiger charge is 2.14. The Morgan fingerprint density at radius 1 is 1.08 bits per heavy atom. The first-order chi connectivity index (χ1) is 12.5. The van der Waals surface area contributed by atoms with Crippen LogP contribution in [-0.4, -0.2) is 37.3 Å². The molecule has 1 N–H and O–H groups in total. The van der Waals surface area contributed by atoms with E-state index in [-0.39, 0.29) is 17.0 Å². The predicted octanol–water partition coefficient (Wildman–Crippen LogP) is 2.89. The molecule has 0 spiro atoms. The summed E-state index contributed by atoms with van der Waals surface area (Å²) < 4.78 is 22.9. The van der Waals surface area contributed by atoms with Crippen molar-refractivity contribution >= 4 is 35.3 Å². The maximum atomic E-state index is 13.5. The topological polar surface area (TPSA) is 81.7 Å². The average Bonchev–Trinajstić information content (AvgIpc) is 2.65. The van der Waals surface area contributed by atoms with E-state index in [2.05, 4.69) is 10.1 Å². The number of hydrogen-bond donors (Lipinski definition) is 1. The molecule has 0 aromatic heterocycles. The summed E-state index contributed by atoms with van der Waals surface area (Å²) in [5.74, 6) is -2.42. The van der Waals surface area contributed by atoms with E-state index in [4.69, 9.17) is 4.74 Å². The zero-order valence-corrected chi connectivity index (χ0v) is 14.7. The summed E-state index contributed by atoms with van der Waals surface area (Å²) in [5, 5.41) is 2.48. The second-order valence-electron chi connectivity index (χ2n) is 4.97. The molecular weight excluding hydrogens is 361 g/mol. The first-order valence-corrected chi connectivity index (χ1v) is 8.50. The number of esters is 2. The molecule has 2 aromatic carbocycles. The number of benzene rings is 2. The molecule has 8 heteroatoms. The van der Waals surface area contributed by atoms with Crippen LogP contribution in [-0.2, 0) is 19.1 Å². The number of amides is 1. The molecule has 0 aliphatic carbocycles. The van der Waals surface area contributed by atoms with E-state index < -0.39 is 30.3 Å². The van der Waals surface area contributed by atoms with Crippen molar-refractivity contribution < 1.29 is 28.2 Å². The van der Waals surface area contributed by atoms with E-state index in [0.29, 0.717) is 4.90 Å². The molecule has 136 valence electrons. The van der Waals surface area contributed by atoms with Gasteiger partial charge in [0.15, 0.2) is 6.61 Å². The average molecular weight is 377 g/mol. The molecule has 0 radical (unpaired) electrons. The fraction of sp³-hybridized carbons (Fsp3) is 0.167. The third kappa shape index (κ3) is 5.59. The lowest BCUT2D eigenvalue weighted by molar-refractivity contribution is -0.144. The first kappa shape index (κ1) is 19.5. The molecule has 0 saturated carbocycles. The third-order valence-corrected chi connectivity index (χ3v) is 4.18. The van der Waals surface area contributed by atoms with Gasteiger partial charge < -0.3 is 14.8 Å². The monoisotopic (exact) mass is 377 g/mol. The Morgan fingerprint density at radius 2 is 1.77 bits per heavy atom. The number of carbonyl (C=O) groups excluding carboxylic acids is 3. The molecule has 1 amide bonds. The fourth-order valence-electron chi connectivity index (χ4n) is 1.95. The normalized spacial score (nSPS) is 10.1. The van der Waals surface area contributed by atoms with Gasteiger partial charge in [-0.3, -0.25) is 9.59 Å². The van der Waals surface area contributed by atoms with Crippen LogP contribution in [0, 0.1) is 5.82 Å². The fourth-order valence-corrected chi connectivity index (χ4v) is 2.69. The van der Waals surface area contributed by atoms with Crippen molar-refractivity contribution in [3.05, 3.63) is 59.9 Å². The second-order valence-corrected chi connectivity index (χ2v) is 5.98. The lowest BCUT2D eigenvalue weighted by atomic mass is 10.2. The van der Waals surface area contributed by atoms with Gasteiger partial charge in [-0.2, -0.15) is 0 Å². The van der Waals surface area contributed by atoms with Crippen molar-refractivity contribution in [2.75, 3.05) is 24.8 Å². The number of hydrogen-bond acceptors (Lipinski definition) is 6. The van der Waals surface area contributed by atoms with E-state index >= 15 is 0 Å². The van der Waals surface area contributed by atoms with Crippen LogP contribution in [0.5, 0.6) is 0 Å². The zero-order valence-electron chi connectivity index (χ0n) is 13.9. The maximum Gasteiger partial charge on any atom is 0.339 e. The van der Waals surface area contributed by atoms with Gasteiger partial charge in [-0.1, -0.05) is 24.3 Å². The summed E-state index contributed by atoms with van der Waals surface area (Å²) in [6, 6.07) is 12.3. The second kappa shape index (κ2) is 9.57. The van der Waals surface area contributed by atoms with Gasteiger partial charge in [0.25, 0.3) is 5.91 Å². The number of nitrogens with one attached hydrogen (secondary N) is 1. The van der Waals surface area contributed by atoms with E-state index in [1.54, 1.807) is 30.3 Å². The molecule has 0 bridgehead atoms. The van der Waals surface area contributed by atoms with Crippen molar-refractivity contribution in [2.45, 2.75) is 4.90 Å². The van der Waals surface area contributed by atoms with E-state index in [0.717, 1.165) is 11.8 Å². The van der Waals surface area contributed by atoms with Crippen LogP contribution < -0.4 is 5.32 Å². The summed E-state index contributed by atoms with van der Waals surface area (Å²) in [6.07, 6.45) is 0. The van der Waals surface area contributed by atoms with Gasteiger partial charge in [0.1, 0.15) is 5.82 Å². The minimum Gasteiger partial charge on any atom is -0.465 e. The van der Waals surface area contributed by atoms with Crippen LogP contribution in [0.25, 0.3) is 0 Å². The largest absolute Gasteiger partial charge is 0.465 e. The number of para-hydroxylation sites is 1. The number of halogens is 1. The summed E-state index contributed by atoms with van der Waals surface area (Å²) in [5.41, 5.74) is 0.436. The van der Waals surface area contributed by atoms with E-state index in [1.165, 1.54) is 25.3 Å². The van der Waals surface area contributed by atoms with Gasteiger partial charge in [0, 0.05) is 4.90 Å². The lowest BCUT2D eigenvalue weighted by Gasteiger charge is -2.10. The quantitative estimate of drug-likeness (QED) is 0.590. The number of methoxy groups -OCH3 is 1. The van der Waals surface area contributed by atoms with Crippen molar-refractivity contribution in [3.63, 3.8) is 0 Å². The standard InChI is InChI=1S/C18H16FNO5S/c1-24-18(23)12-6-2-4-8-14(12)20-16(21)10-25-17(22)11-26-15-9-5-3-7-13(15)19/h2-9H,10-11H2,1H3,(H,20,21). The SMILES string of the molecule is COC(=O)c1ccccc1NC(=O)COC(=O)CSc1ccccc1F. The Bertz CT molecular complexity index is 812. The number of carbonyl (C=O) groups is 3. The van der Waals surface area contributed by atoms with Gasteiger partial charge in [-0.15, -0.1) is 11.8 Å². The lowest BCUT2D eigenvalue weighted by Crippen LogP contribution is -2.22. The molecule has 0 fully saturated rings. The number of thioether (sulfide) groups is 1. The minimum absolute atomic E-state index is 0.132. The van der Waals surface area contributed by atoms with Crippen LogP contribution in [0.15, 0.2) is 53.4 Å². The first-order valence-electron chi connectivity index (χ1n) is 7.51. The highest BCUT2D eigenvalue weighted by Crippen LogP contribution is 2.21. The van der Waals surface area contributed by atoms with Crippen molar-refractivity contribution in [2.24, 2.45) is 0 Å². The summed E-state index contributed by atoms with van der Waals surface area (Å²) in [6.45, 7) is -0.522. The molecular formula is C18H16FNO5S. The van der Waals surface area contributed by atoms with Crippen LogP contribution in [0.4, 0.5) is 10.1 Å². The Kier molecular flexibility index (Phi) is 7.16. The van der Waals surface area contributed by atoms with Crippen molar-refractivity contribution in [1.82, 2.24) is 0 Å². The molecule has 0 aliphatic heterocycles. The highest BCUT2D eigenvalue weighted by molar-refractivity contribution is 8.00. The molecule has 0 unspecified atom stereocenters. The van der Waals surface area contributed by atoms with Gasteiger partial charge in [0.2, 0.25) is 0 Å². The molecule has 0 heterocycles. The molecule has 0 aliphatic rings. The molecule has 0 saturated heterocycles. The molecule has 26 heavy (non-hydrogen) atoms. The third-order valence-electron chi connectivity index (χ3n) is 3.15. The predicted molar refractivity (Wildman–Crippen MR) is 94.5 cm³/mol. The number of rotatable bonds is 7. The molecule has 0 atom stereocenters. The smallest absolute Gasteiger partial charge is 0.339 e. The van der Waals surface area contributed by atoms with Crippen LogP contribution in [0.2, 0.25) is 0 Å². The molecule has 2 rings (SSSR count). The summed E-state index contributed by atoms with van der Waals surface area (Å²) in [7, 11) is 1.23. The Balaban J connectivity index is 1.83.